The number of nitro groups is 1. The van der Waals surface area contributed by atoms with E-state index in [0.29, 0.717) is 0 Å². The van der Waals surface area contributed by atoms with E-state index in [-0.39, 0.29) is 29.4 Å². The Hall–Kier alpha value is -2.35. The molecule has 0 aliphatic heterocycles. The molecule has 0 saturated carbocycles. The normalized spacial score (nSPS) is 9.90. The first-order valence-electron chi connectivity index (χ1n) is 5.49. The van der Waals surface area contributed by atoms with Crippen LogP contribution in [-0.4, -0.2) is 40.5 Å². The zero-order valence-corrected chi connectivity index (χ0v) is 11.3. The van der Waals surface area contributed by atoms with Gasteiger partial charge in [0.2, 0.25) is 0 Å². The topological polar surface area (TPSA) is 113 Å². The highest BCUT2D eigenvalue weighted by atomic mass is 35.5. The molecule has 0 atom stereocenters. The van der Waals surface area contributed by atoms with Crippen LogP contribution in [0.25, 0.3) is 0 Å². The van der Waals surface area contributed by atoms with Crippen molar-refractivity contribution in [3.63, 3.8) is 0 Å². The summed E-state index contributed by atoms with van der Waals surface area (Å²) in [4.78, 5) is 33.3. The molecule has 0 radical (unpaired) electrons. The van der Waals surface area contributed by atoms with Crippen molar-refractivity contribution in [2.24, 2.45) is 0 Å². The first kappa shape index (κ1) is 15.7. The number of hydrogen-bond acceptors (Lipinski definition) is 4. The number of urea groups is 1. The minimum Gasteiger partial charge on any atom is -0.481 e. The molecule has 0 fully saturated rings. The molecule has 0 aromatic heterocycles. The van der Waals surface area contributed by atoms with Crippen molar-refractivity contribution in [2.45, 2.75) is 6.42 Å². The van der Waals surface area contributed by atoms with Crippen LogP contribution in [0.4, 0.5) is 16.2 Å². The summed E-state index contributed by atoms with van der Waals surface area (Å²) in [7, 11) is 1.41. The van der Waals surface area contributed by atoms with E-state index >= 15 is 0 Å². The molecule has 108 valence electrons. The van der Waals surface area contributed by atoms with E-state index in [1.807, 2.05) is 0 Å². The van der Waals surface area contributed by atoms with Crippen molar-refractivity contribution in [2.75, 3.05) is 18.9 Å². The van der Waals surface area contributed by atoms with Crippen LogP contribution in [0.1, 0.15) is 6.42 Å². The van der Waals surface area contributed by atoms with E-state index in [0.717, 1.165) is 11.0 Å². The number of nitro benzene ring substituents is 1. The predicted molar refractivity (Wildman–Crippen MR) is 72.0 cm³/mol. The van der Waals surface area contributed by atoms with E-state index in [2.05, 4.69) is 5.32 Å². The maximum atomic E-state index is 11.8. The van der Waals surface area contributed by atoms with Gasteiger partial charge in [-0.3, -0.25) is 14.9 Å². The first-order valence-corrected chi connectivity index (χ1v) is 5.87. The maximum absolute atomic E-state index is 11.8. The molecule has 9 heteroatoms. The number of aliphatic carboxylic acids is 1. The first-order chi connectivity index (χ1) is 9.31. The Morgan fingerprint density at radius 1 is 1.50 bits per heavy atom. The van der Waals surface area contributed by atoms with Crippen molar-refractivity contribution < 1.29 is 19.6 Å². The monoisotopic (exact) mass is 301 g/mol. The Bertz CT molecular complexity index is 549. The standard InChI is InChI=1S/C11H12ClN3O5/c1-14(5-4-10(16)17)11(18)13-9-6-7(15(19)20)2-3-8(9)12/h2-3,6H,4-5H2,1H3,(H,13,18)(H,16,17). The van der Waals surface area contributed by atoms with E-state index in [4.69, 9.17) is 16.7 Å². The van der Waals surface area contributed by atoms with Gasteiger partial charge in [-0.25, -0.2) is 4.79 Å². The average Bonchev–Trinajstić information content (AvgIpc) is 2.37. The van der Waals surface area contributed by atoms with Crippen LogP contribution < -0.4 is 5.32 Å². The van der Waals surface area contributed by atoms with Gasteiger partial charge in [0.25, 0.3) is 5.69 Å². The molecule has 2 amide bonds. The number of rotatable bonds is 5. The Morgan fingerprint density at radius 3 is 2.70 bits per heavy atom. The lowest BCUT2D eigenvalue weighted by atomic mass is 10.3. The lowest BCUT2D eigenvalue weighted by molar-refractivity contribution is -0.384. The number of carboxylic acid groups (broad SMARTS) is 1. The number of halogens is 1. The second-order valence-electron chi connectivity index (χ2n) is 3.92. The molecule has 0 bridgehead atoms. The van der Waals surface area contributed by atoms with Gasteiger partial charge in [0.1, 0.15) is 0 Å². The Labute approximate surface area is 119 Å². The number of carbonyl (C=O) groups excluding carboxylic acids is 1. The molecule has 0 saturated heterocycles. The molecule has 0 aliphatic carbocycles. The van der Waals surface area contributed by atoms with Crippen molar-refractivity contribution in [1.82, 2.24) is 4.90 Å². The fraction of sp³-hybridized carbons (Fsp3) is 0.273. The van der Waals surface area contributed by atoms with Crippen molar-refractivity contribution >= 4 is 35.0 Å². The van der Waals surface area contributed by atoms with Crippen molar-refractivity contribution in [3.8, 4) is 0 Å². The van der Waals surface area contributed by atoms with Gasteiger partial charge in [-0.2, -0.15) is 0 Å². The summed E-state index contributed by atoms with van der Waals surface area (Å²) in [6.45, 7) is 0.00765. The van der Waals surface area contributed by atoms with Gasteiger partial charge in [0.15, 0.2) is 0 Å². The number of hydrogen-bond donors (Lipinski definition) is 2. The third-order valence-corrected chi connectivity index (χ3v) is 2.74. The smallest absolute Gasteiger partial charge is 0.321 e. The van der Waals surface area contributed by atoms with Crippen LogP contribution in [-0.2, 0) is 4.79 Å². The van der Waals surface area contributed by atoms with Gasteiger partial charge < -0.3 is 15.3 Å². The number of non-ortho nitro benzene ring substituents is 1. The highest BCUT2D eigenvalue weighted by Gasteiger charge is 2.15. The number of carboxylic acids is 1. The molecule has 0 heterocycles. The van der Waals surface area contributed by atoms with Gasteiger partial charge in [-0.15, -0.1) is 0 Å². The van der Waals surface area contributed by atoms with Gasteiger partial charge in [-0.05, 0) is 6.07 Å². The maximum Gasteiger partial charge on any atom is 0.321 e. The van der Waals surface area contributed by atoms with Crippen LogP contribution >= 0.6 is 11.6 Å². The minimum absolute atomic E-state index is 0.00765. The number of amides is 2. The predicted octanol–water partition coefficient (Wildman–Crippen LogP) is 2.19. The second-order valence-corrected chi connectivity index (χ2v) is 4.32. The number of nitrogens with zero attached hydrogens (tertiary/aromatic N) is 2. The summed E-state index contributed by atoms with van der Waals surface area (Å²) >= 11 is 5.83. The summed E-state index contributed by atoms with van der Waals surface area (Å²) < 4.78 is 0. The molecule has 20 heavy (non-hydrogen) atoms. The summed E-state index contributed by atoms with van der Waals surface area (Å²) in [6, 6.07) is 3.04. The van der Waals surface area contributed by atoms with Crippen molar-refractivity contribution in [1.29, 1.82) is 0 Å². The molecule has 0 unspecified atom stereocenters. The third-order valence-electron chi connectivity index (χ3n) is 2.41. The van der Waals surface area contributed by atoms with E-state index in [9.17, 15) is 19.7 Å². The van der Waals surface area contributed by atoms with E-state index in [1.54, 1.807) is 0 Å². The zero-order chi connectivity index (χ0) is 15.3. The van der Waals surface area contributed by atoms with Crippen LogP contribution in [0.2, 0.25) is 5.02 Å². The van der Waals surface area contributed by atoms with Crippen molar-refractivity contribution in [3.05, 3.63) is 33.3 Å². The SMILES string of the molecule is CN(CCC(=O)O)C(=O)Nc1cc([N+](=O)[O-])ccc1Cl. The fourth-order valence-electron chi connectivity index (χ4n) is 1.30. The highest BCUT2D eigenvalue weighted by Crippen LogP contribution is 2.26. The molecule has 0 spiro atoms. The van der Waals surface area contributed by atoms with Gasteiger partial charge in [-0.1, -0.05) is 11.6 Å². The quantitative estimate of drug-likeness (QED) is 0.639. The zero-order valence-electron chi connectivity index (χ0n) is 10.5. The fourth-order valence-corrected chi connectivity index (χ4v) is 1.46. The third kappa shape index (κ3) is 4.39. The molecular formula is C11H12ClN3O5. The molecule has 8 nitrogen and oxygen atoms in total. The summed E-state index contributed by atoms with van der Waals surface area (Å²) in [5.74, 6) is -1.03. The number of nitrogens with one attached hydrogen (secondary N) is 1. The number of benzene rings is 1. The summed E-state index contributed by atoms with van der Waals surface area (Å²) in [5, 5.41) is 21.7. The molecule has 0 aliphatic rings. The molecular weight excluding hydrogens is 290 g/mol. The Kier molecular flexibility index (Phi) is 5.27. The Morgan fingerprint density at radius 2 is 2.15 bits per heavy atom. The van der Waals surface area contributed by atoms with Gasteiger partial charge in [0, 0.05) is 25.7 Å². The minimum atomic E-state index is -1.03. The molecule has 1 aromatic carbocycles. The number of carbonyl (C=O) groups is 2. The average molecular weight is 302 g/mol. The van der Waals surface area contributed by atoms with Crippen LogP contribution in [0, 0.1) is 10.1 Å². The lowest BCUT2D eigenvalue weighted by Crippen LogP contribution is -2.33. The summed E-state index contributed by atoms with van der Waals surface area (Å²) in [6.07, 6.45) is -0.202. The molecule has 2 N–H and O–H groups in total. The molecule has 1 aromatic rings. The van der Waals surface area contributed by atoms with Crippen LogP contribution in [0.5, 0.6) is 0 Å². The molecule has 1 rings (SSSR count). The highest BCUT2D eigenvalue weighted by molar-refractivity contribution is 6.33. The lowest BCUT2D eigenvalue weighted by Gasteiger charge is -2.17. The van der Waals surface area contributed by atoms with Gasteiger partial charge in [0.05, 0.1) is 22.1 Å². The van der Waals surface area contributed by atoms with Gasteiger partial charge >= 0.3 is 12.0 Å². The largest absolute Gasteiger partial charge is 0.481 e. The van der Waals surface area contributed by atoms with Crippen LogP contribution in [0.15, 0.2) is 18.2 Å². The Balaban J connectivity index is 2.77. The summed E-state index contributed by atoms with van der Waals surface area (Å²) in [5.41, 5.74) is -0.120. The van der Waals surface area contributed by atoms with E-state index in [1.165, 1.54) is 19.2 Å². The van der Waals surface area contributed by atoms with E-state index < -0.39 is 16.9 Å². The number of anilines is 1. The van der Waals surface area contributed by atoms with Crippen LogP contribution in [0.3, 0.4) is 0 Å². The second kappa shape index (κ2) is 6.71.